The molecular weight excluding hydrogens is 483 g/mol. The summed E-state index contributed by atoms with van der Waals surface area (Å²) in [5.74, 6) is 1.10. The van der Waals surface area contributed by atoms with E-state index in [1.165, 1.54) is 17.1 Å². The Morgan fingerprint density at radius 1 is 0.973 bits per heavy atom. The summed E-state index contributed by atoms with van der Waals surface area (Å²) < 4.78 is 29.3. The predicted octanol–water partition coefficient (Wildman–Crippen LogP) is 2.28. The van der Waals surface area contributed by atoms with Gasteiger partial charge in [0.25, 0.3) is 5.89 Å². The van der Waals surface area contributed by atoms with E-state index in [1.54, 1.807) is 35.2 Å². The first kappa shape index (κ1) is 23.0. The molecule has 6 rings (SSSR count). The number of benzene rings is 2. The van der Waals surface area contributed by atoms with Crippen molar-refractivity contribution in [2.45, 2.75) is 12.8 Å². The molecule has 1 aromatic heterocycles. The number of aromatic nitrogens is 2. The summed E-state index contributed by atoms with van der Waals surface area (Å²) in [5, 5.41) is 9.58. The summed E-state index contributed by atoms with van der Waals surface area (Å²) in [6.07, 6.45) is 0.523. The van der Waals surface area contributed by atoms with Crippen molar-refractivity contribution in [1.82, 2.24) is 20.0 Å². The van der Waals surface area contributed by atoms with Gasteiger partial charge in [0.15, 0.2) is 11.5 Å². The maximum Gasteiger partial charge on any atom is 0.274 e. The minimum absolute atomic E-state index is 0.165. The fraction of sp³-hybridized carbons (Fsp3) is 0.320. The molecular formula is C25H23FN6O5. The monoisotopic (exact) mass is 506 g/mol. The number of ether oxygens (including phenoxy) is 2. The number of piperazine rings is 1. The average Bonchev–Trinajstić information content (AvgIpc) is 3.60. The SMILES string of the molecule is O=C(CN1N=C(c2nc(-c3ccc4c(c3)OCO4)no2)CCC1=O)N1CCN(c2ccc(F)cc2)CC1. The highest BCUT2D eigenvalue weighted by Crippen LogP contribution is 2.35. The topological polar surface area (TPSA) is 114 Å². The largest absolute Gasteiger partial charge is 0.454 e. The molecule has 0 spiro atoms. The highest BCUT2D eigenvalue weighted by atomic mass is 19.1. The van der Waals surface area contributed by atoms with Crippen LogP contribution in [0.3, 0.4) is 0 Å². The lowest BCUT2D eigenvalue weighted by Crippen LogP contribution is -2.51. The maximum atomic E-state index is 13.2. The van der Waals surface area contributed by atoms with E-state index < -0.39 is 0 Å². The van der Waals surface area contributed by atoms with Crippen molar-refractivity contribution in [1.29, 1.82) is 0 Å². The minimum Gasteiger partial charge on any atom is -0.454 e. The van der Waals surface area contributed by atoms with Crippen molar-refractivity contribution in [2.24, 2.45) is 5.10 Å². The van der Waals surface area contributed by atoms with E-state index in [9.17, 15) is 14.0 Å². The number of rotatable bonds is 5. The van der Waals surface area contributed by atoms with Crippen LogP contribution >= 0.6 is 0 Å². The molecule has 11 nitrogen and oxygen atoms in total. The molecule has 2 aromatic carbocycles. The van der Waals surface area contributed by atoms with E-state index in [4.69, 9.17) is 14.0 Å². The molecule has 2 amide bonds. The predicted molar refractivity (Wildman–Crippen MR) is 129 cm³/mol. The summed E-state index contributed by atoms with van der Waals surface area (Å²) in [7, 11) is 0. The fourth-order valence-electron chi connectivity index (χ4n) is 4.47. The first-order chi connectivity index (χ1) is 18.0. The zero-order valence-corrected chi connectivity index (χ0v) is 19.8. The zero-order valence-electron chi connectivity index (χ0n) is 19.8. The second-order valence-electron chi connectivity index (χ2n) is 8.83. The normalized spacial score (nSPS) is 17.3. The van der Waals surface area contributed by atoms with Crippen molar-refractivity contribution in [2.75, 3.05) is 44.4 Å². The van der Waals surface area contributed by atoms with Crippen LogP contribution in [-0.4, -0.2) is 77.1 Å². The van der Waals surface area contributed by atoms with Crippen LogP contribution in [0.5, 0.6) is 11.5 Å². The number of fused-ring (bicyclic) bond motifs is 1. The number of nitrogens with zero attached hydrogens (tertiary/aromatic N) is 6. The van der Waals surface area contributed by atoms with Gasteiger partial charge in [-0.1, -0.05) is 5.16 Å². The van der Waals surface area contributed by atoms with Gasteiger partial charge < -0.3 is 23.8 Å². The molecule has 0 bridgehead atoms. The van der Waals surface area contributed by atoms with E-state index in [-0.39, 0.29) is 43.3 Å². The molecule has 3 aliphatic rings. The van der Waals surface area contributed by atoms with Gasteiger partial charge in [0.05, 0.1) is 0 Å². The lowest BCUT2D eigenvalue weighted by atomic mass is 10.1. The molecule has 3 aliphatic heterocycles. The lowest BCUT2D eigenvalue weighted by Gasteiger charge is -2.36. The van der Waals surface area contributed by atoms with Crippen LogP contribution in [0.4, 0.5) is 10.1 Å². The van der Waals surface area contributed by atoms with Gasteiger partial charge in [-0.3, -0.25) is 9.59 Å². The molecule has 4 heterocycles. The summed E-state index contributed by atoms with van der Waals surface area (Å²) >= 11 is 0. The molecule has 0 radical (unpaired) electrons. The maximum absolute atomic E-state index is 13.2. The number of hydrogen-bond donors (Lipinski definition) is 0. The van der Waals surface area contributed by atoms with E-state index >= 15 is 0 Å². The molecule has 3 aromatic rings. The number of carbonyl (C=O) groups is 2. The number of amides is 2. The molecule has 1 saturated heterocycles. The molecule has 0 atom stereocenters. The Morgan fingerprint density at radius 2 is 1.76 bits per heavy atom. The second-order valence-corrected chi connectivity index (χ2v) is 8.83. The first-order valence-electron chi connectivity index (χ1n) is 11.9. The first-order valence-corrected chi connectivity index (χ1v) is 11.9. The Kier molecular flexibility index (Phi) is 5.91. The van der Waals surface area contributed by atoms with Gasteiger partial charge in [-0.05, 0) is 42.5 Å². The van der Waals surface area contributed by atoms with Crippen LogP contribution in [0.2, 0.25) is 0 Å². The van der Waals surface area contributed by atoms with Gasteiger partial charge in [0, 0.05) is 50.3 Å². The number of hydrogen-bond acceptors (Lipinski definition) is 9. The molecule has 190 valence electrons. The molecule has 0 saturated carbocycles. The van der Waals surface area contributed by atoms with Gasteiger partial charge in [0.2, 0.25) is 24.4 Å². The third-order valence-corrected chi connectivity index (χ3v) is 6.52. The summed E-state index contributed by atoms with van der Waals surface area (Å²) in [6.45, 7) is 2.23. The standard InChI is InChI=1S/C25H23FN6O5/c26-17-2-4-18(5-3-17)30-9-11-31(12-10-30)23(34)14-32-22(33)8-6-19(28-32)25-27-24(29-37-25)16-1-7-20-21(13-16)36-15-35-20/h1-5,7,13H,6,8-12,14-15H2. The Balaban J connectivity index is 1.10. The van der Waals surface area contributed by atoms with Gasteiger partial charge in [-0.15, -0.1) is 0 Å². The zero-order chi connectivity index (χ0) is 25.4. The summed E-state index contributed by atoms with van der Waals surface area (Å²) in [6, 6.07) is 11.6. The molecule has 37 heavy (non-hydrogen) atoms. The molecule has 1 fully saturated rings. The van der Waals surface area contributed by atoms with Crippen LogP contribution < -0.4 is 14.4 Å². The smallest absolute Gasteiger partial charge is 0.274 e. The molecule has 0 N–H and O–H groups in total. The minimum atomic E-state index is -0.284. The third kappa shape index (κ3) is 4.69. The fourth-order valence-corrected chi connectivity index (χ4v) is 4.47. The van der Waals surface area contributed by atoms with E-state index in [2.05, 4.69) is 20.1 Å². The van der Waals surface area contributed by atoms with Gasteiger partial charge >= 0.3 is 0 Å². The second kappa shape index (κ2) is 9.52. The quantitative estimate of drug-likeness (QED) is 0.518. The number of anilines is 1. The average molecular weight is 506 g/mol. The van der Waals surface area contributed by atoms with Crippen LogP contribution in [-0.2, 0) is 9.59 Å². The van der Waals surface area contributed by atoms with E-state index in [0.717, 1.165) is 5.69 Å². The number of halogens is 1. The highest BCUT2D eigenvalue weighted by Gasteiger charge is 2.29. The van der Waals surface area contributed by atoms with Crippen LogP contribution in [0, 0.1) is 5.82 Å². The van der Waals surface area contributed by atoms with Crippen molar-refractivity contribution in [3.8, 4) is 22.9 Å². The molecule has 0 aliphatic carbocycles. The van der Waals surface area contributed by atoms with Crippen LogP contribution in [0.15, 0.2) is 52.1 Å². The van der Waals surface area contributed by atoms with Gasteiger partial charge in [0.1, 0.15) is 18.1 Å². The number of carbonyl (C=O) groups excluding carboxylic acids is 2. The summed E-state index contributed by atoms with van der Waals surface area (Å²) in [5.41, 5.74) is 2.06. The number of hydrazone groups is 1. The highest BCUT2D eigenvalue weighted by molar-refractivity contribution is 6.01. The van der Waals surface area contributed by atoms with Gasteiger partial charge in [-0.25, -0.2) is 9.40 Å². The Bertz CT molecular complexity index is 1370. The Morgan fingerprint density at radius 3 is 2.57 bits per heavy atom. The molecule has 12 heteroatoms. The van der Waals surface area contributed by atoms with Gasteiger partial charge in [-0.2, -0.15) is 10.1 Å². The Hall–Kier alpha value is -4.48. The van der Waals surface area contributed by atoms with E-state index in [0.29, 0.717) is 61.2 Å². The van der Waals surface area contributed by atoms with Crippen LogP contribution in [0.25, 0.3) is 11.4 Å². The summed E-state index contributed by atoms with van der Waals surface area (Å²) in [4.78, 5) is 33.7. The van der Waals surface area contributed by atoms with E-state index in [1.807, 2.05) is 0 Å². The van der Waals surface area contributed by atoms with Crippen molar-refractivity contribution >= 4 is 23.2 Å². The van der Waals surface area contributed by atoms with Crippen molar-refractivity contribution in [3.05, 3.63) is 54.2 Å². The lowest BCUT2D eigenvalue weighted by molar-refractivity contribution is -0.141. The van der Waals surface area contributed by atoms with Crippen LogP contribution in [0.1, 0.15) is 18.7 Å². The van der Waals surface area contributed by atoms with Crippen molar-refractivity contribution in [3.63, 3.8) is 0 Å². The third-order valence-electron chi connectivity index (χ3n) is 6.52. The van der Waals surface area contributed by atoms with Crippen molar-refractivity contribution < 1.29 is 28.0 Å². The molecule has 0 unspecified atom stereocenters. The Labute approximate surface area is 211 Å².